The molecule has 158 valence electrons. The number of pyridine rings is 1. The van der Waals surface area contributed by atoms with Crippen molar-refractivity contribution in [2.24, 2.45) is 0 Å². The zero-order valence-corrected chi connectivity index (χ0v) is 18.0. The van der Waals surface area contributed by atoms with E-state index in [9.17, 15) is 4.39 Å². The van der Waals surface area contributed by atoms with Crippen LogP contribution in [0.2, 0.25) is 0 Å². The maximum absolute atomic E-state index is 13.2. The normalized spacial score (nSPS) is 14.9. The molecular formula is C26H27FN4. The van der Waals surface area contributed by atoms with Crippen LogP contribution < -0.4 is 10.2 Å². The first kappa shape index (κ1) is 19.6. The molecule has 0 spiro atoms. The number of nitrogens with one attached hydrogen (secondary N) is 1. The second kappa shape index (κ2) is 8.06. The number of nitrogens with zero attached hydrogens (tertiary/aromatic N) is 3. The van der Waals surface area contributed by atoms with Gasteiger partial charge in [-0.15, -0.1) is 0 Å². The molecule has 1 N–H and O–H groups in total. The molecule has 4 nitrogen and oxygen atoms in total. The molecule has 5 rings (SSSR count). The maximum atomic E-state index is 13.2. The van der Waals surface area contributed by atoms with Crippen molar-refractivity contribution in [1.82, 2.24) is 9.38 Å². The number of hydrogen-bond donors (Lipinski definition) is 1. The summed E-state index contributed by atoms with van der Waals surface area (Å²) in [6.45, 7) is 6.16. The summed E-state index contributed by atoms with van der Waals surface area (Å²) in [5.41, 5.74) is 6.65. The zero-order chi connectivity index (χ0) is 21.4. The van der Waals surface area contributed by atoms with Crippen molar-refractivity contribution in [2.45, 2.75) is 32.6 Å². The van der Waals surface area contributed by atoms with Gasteiger partial charge in [0.2, 0.25) is 0 Å². The van der Waals surface area contributed by atoms with E-state index >= 15 is 0 Å². The van der Waals surface area contributed by atoms with E-state index in [1.807, 2.05) is 31.2 Å². The molecular weight excluding hydrogens is 387 g/mol. The maximum Gasteiger partial charge on any atom is 0.138 e. The van der Waals surface area contributed by atoms with Crippen molar-refractivity contribution in [3.8, 4) is 0 Å². The number of rotatable bonds is 4. The fraction of sp³-hybridized carbons (Fsp3) is 0.269. The lowest BCUT2D eigenvalue weighted by Crippen LogP contribution is -2.32. The van der Waals surface area contributed by atoms with Crippen LogP contribution in [0.1, 0.15) is 35.7 Å². The average molecular weight is 415 g/mol. The van der Waals surface area contributed by atoms with E-state index in [0.29, 0.717) is 5.92 Å². The predicted molar refractivity (Wildman–Crippen MR) is 125 cm³/mol. The number of anilines is 3. The minimum Gasteiger partial charge on any atom is -0.371 e. The molecule has 0 bridgehead atoms. The van der Waals surface area contributed by atoms with Gasteiger partial charge < -0.3 is 10.2 Å². The standard InChI is InChI=1S/C26H27FN4/c1-18-4-3-5-25-28-19(2)26(31(18)25)29-23-10-12-24(13-11-23)30-16-14-21(15-17-30)20-6-8-22(27)9-7-20/h3-13,21,29H,14-17H2,1-2H3. The molecule has 1 aliphatic heterocycles. The monoisotopic (exact) mass is 414 g/mol. The van der Waals surface area contributed by atoms with Gasteiger partial charge >= 0.3 is 0 Å². The molecule has 1 aliphatic rings. The lowest BCUT2D eigenvalue weighted by molar-refractivity contribution is 0.504. The fourth-order valence-corrected chi connectivity index (χ4v) is 4.61. The Kier molecular flexibility index (Phi) is 5.10. The highest BCUT2D eigenvalue weighted by Gasteiger charge is 2.21. The lowest BCUT2D eigenvalue weighted by atomic mass is 9.89. The quantitative estimate of drug-likeness (QED) is 0.430. The van der Waals surface area contributed by atoms with Crippen LogP contribution in [0.3, 0.4) is 0 Å². The largest absolute Gasteiger partial charge is 0.371 e. The number of fused-ring (bicyclic) bond motifs is 1. The van der Waals surface area contributed by atoms with Crippen LogP contribution in [-0.2, 0) is 0 Å². The van der Waals surface area contributed by atoms with Gasteiger partial charge in [0.25, 0.3) is 0 Å². The molecule has 0 atom stereocenters. The Morgan fingerprint density at radius 2 is 1.61 bits per heavy atom. The van der Waals surface area contributed by atoms with E-state index in [4.69, 9.17) is 0 Å². The Labute approximate surface area is 182 Å². The first-order valence-corrected chi connectivity index (χ1v) is 10.9. The van der Waals surface area contributed by atoms with Gasteiger partial charge in [0, 0.05) is 30.2 Å². The highest BCUT2D eigenvalue weighted by Crippen LogP contribution is 2.31. The summed E-state index contributed by atoms with van der Waals surface area (Å²) >= 11 is 0. The highest BCUT2D eigenvalue weighted by atomic mass is 19.1. The third kappa shape index (κ3) is 3.88. The number of halogens is 1. The van der Waals surface area contributed by atoms with Crippen LogP contribution in [0.15, 0.2) is 66.7 Å². The summed E-state index contributed by atoms with van der Waals surface area (Å²) in [6.07, 6.45) is 2.18. The fourth-order valence-electron chi connectivity index (χ4n) is 4.61. The summed E-state index contributed by atoms with van der Waals surface area (Å²) in [5.74, 6) is 1.37. The van der Waals surface area contributed by atoms with Crippen LogP contribution in [0, 0.1) is 19.7 Å². The zero-order valence-electron chi connectivity index (χ0n) is 18.0. The molecule has 0 unspecified atom stereocenters. The van der Waals surface area contributed by atoms with Crippen molar-refractivity contribution in [3.63, 3.8) is 0 Å². The third-order valence-corrected chi connectivity index (χ3v) is 6.34. The molecule has 2 aromatic heterocycles. The van der Waals surface area contributed by atoms with Gasteiger partial charge in [-0.2, -0.15) is 0 Å². The van der Waals surface area contributed by atoms with E-state index in [1.165, 1.54) is 11.3 Å². The number of aromatic nitrogens is 2. The van der Waals surface area contributed by atoms with Gasteiger partial charge in [0.15, 0.2) is 0 Å². The third-order valence-electron chi connectivity index (χ3n) is 6.34. The number of benzene rings is 2. The minimum atomic E-state index is -0.163. The number of aryl methyl sites for hydroxylation is 2. The summed E-state index contributed by atoms with van der Waals surface area (Å²) in [4.78, 5) is 7.11. The van der Waals surface area contributed by atoms with Crippen LogP contribution in [0.5, 0.6) is 0 Å². The molecule has 0 saturated carbocycles. The lowest BCUT2D eigenvalue weighted by Gasteiger charge is -2.34. The Morgan fingerprint density at radius 3 is 2.32 bits per heavy atom. The first-order valence-electron chi connectivity index (χ1n) is 10.9. The Balaban J connectivity index is 1.27. The van der Waals surface area contributed by atoms with E-state index in [1.54, 1.807) is 12.1 Å². The molecule has 2 aromatic carbocycles. The van der Waals surface area contributed by atoms with Crippen molar-refractivity contribution < 1.29 is 4.39 Å². The van der Waals surface area contributed by atoms with Gasteiger partial charge in [-0.1, -0.05) is 18.2 Å². The number of hydrogen-bond acceptors (Lipinski definition) is 3. The molecule has 3 heterocycles. The summed E-state index contributed by atoms with van der Waals surface area (Å²) in [7, 11) is 0. The van der Waals surface area contributed by atoms with Gasteiger partial charge in [0.05, 0.1) is 5.69 Å². The van der Waals surface area contributed by atoms with Crippen LogP contribution in [-0.4, -0.2) is 22.5 Å². The van der Waals surface area contributed by atoms with Crippen molar-refractivity contribution in [1.29, 1.82) is 0 Å². The first-order chi connectivity index (χ1) is 15.1. The molecule has 0 aliphatic carbocycles. The van der Waals surface area contributed by atoms with Crippen molar-refractivity contribution in [2.75, 3.05) is 23.3 Å². The average Bonchev–Trinajstić information content (AvgIpc) is 3.11. The summed E-state index contributed by atoms with van der Waals surface area (Å²) in [5, 5.41) is 3.55. The van der Waals surface area contributed by atoms with Gasteiger partial charge in [-0.3, -0.25) is 4.40 Å². The van der Waals surface area contributed by atoms with E-state index in [0.717, 1.165) is 54.5 Å². The van der Waals surface area contributed by atoms with Gasteiger partial charge in [0.1, 0.15) is 17.3 Å². The number of imidazole rings is 1. The predicted octanol–water partition coefficient (Wildman–Crippen LogP) is 6.22. The Morgan fingerprint density at radius 1 is 0.903 bits per heavy atom. The Bertz CT molecular complexity index is 1190. The van der Waals surface area contributed by atoms with E-state index in [-0.39, 0.29) is 5.82 Å². The van der Waals surface area contributed by atoms with Crippen LogP contribution in [0.4, 0.5) is 21.6 Å². The second-order valence-corrected chi connectivity index (χ2v) is 8.39. The molecule has 5 heteroatoms. The SMILES string of the molecule is Cc1nc2cccc(C)n2c1Nc1ccc(N2CCC(c3ccc(F)cc3)CC2)cc1. The smallest absolute Gasteiger partial charge is 0.138 e. The molecule has 0 amide bonds. The van der Waals surface area contributed by atoms with Gasteiger partial charge in [-0.05, 0) is 86.7 Å². The highest BCUT2D eigenvalue weighted by molar-refractivity contribution is 5.66. The van der Waals surface area contributed by atoms with Crippen molar-refractivity contribution >= 4 is 22.8 Å². The number of piperidine rings is 1. The molecule has 1 fully saturated rings. The van der Waals surface area contributed by atoms with Crippen LogP contribution >= 0.6 is 0 Å². The van der Waals surface area contributed by atoms with E-state index < -0.39 is 0 Å². The topological polar surface area (TPSA) is 32.6 Å². The summed E-state index contributed by atoms with van der Waals surface area (Å²) < 4.78 is 15.3. The van der Waals surface area contributed by atoms with Gasteiger partial charge in [-0.25, -0.2) is 9.37 Å². The molecule has 31 heavy (non-hydrogen) atoms. The van der Waals surface area contributed by atoms with E-state index in [2.05, 4.69) is 56.9 Å². The molecule has 4 aromatic rings. The minimum absolute atomic E-state index is 0.163. The van der Waals surface area contributed by atoms with Crippen LogP contribution in [0.25, 0.3) is 5.65 Å². The molecule has 1 saturated heterocycles. The second-order valence-electron chi connectivity index (χ2n) is 8.39. The molecule has 0 radical (unpaired) electrons. The van der Waals surface area contributed by atoms with Crippen molar-refractivity contribution in [3.05, 3.63) is 89.5 Å². The Hall–Kier alpha value is -3.34. The summed E-state index contributed by atoms with van der Waals surface area (Å²) in [6, 6.07) is 21.8.